The van der Waals surface area contributed by atoms with E-state index in [4.69, 9.17) is 4.42 Å². The average Bonchev–Trinajstić information content (AvgIpc) is 3.38. The molecule has 0 bridgehead atoms. The van der Waals surface area contributed by atoms with Gasteiger partial charge in [0, 0.05) is 34.3 Å². The summed E-state index contributed by atoms with van der Waals surface area (Å²) >= 11 is 3.35. The monoisotopic (exact) mass is 453 g/mol. The number of thiophene rings is 1. The summed E-state index contributed by atoms with van der Waals surface area (Å²) in [4.78, 5) is 29.4. The van der Waals surface area contributed by atoms with E-state index in [1.54, 1.807) is 45.9 Å². The van der Waals surface area contributed by atoms with Crippen LogP contribution in [0.3, 0.4) is 0 Å². The zero-order valence-corrected chi connectivity index (χ0v) is 19.0. The van der Waals surface area contributed by atoms with Crippen molar-refractivity contribution in [2.24, 2.45) is 0 Å². The molecule has 0 unspecified atom stereocenters. The summed E-state index contributed by atoms with van der Waals surface area (Å²) in [5.74, 6) is 0.246. The largest absolute Gasteiger partial charge is 0.419 e. The van der Waals surface area contributed by atoms with Crippen LogP contribution in [0.2, 0.25) is 0 Å². The Morgan fingerprint density at radius 3 is 2.77 bits per heavy atom. The fourth-order valence-corrected chi connectivity index (χ4v) is 5.00. The Kier molecular flexibility index (Phi) is 6.60. The van der Waals surface area contributed by atoms with Crippen molar-refractivity contribution in [1.82, 2.24) is 9.47 Å². The quantitative estimate of drug-likeness (QED) is 0.390. The van der Waals surface area contributed by atoms with Gasteiger partial charge in [0.1, 0.15) is 0 Å². The third-order valence-electron chi connectivity index (χ3n) is 4.78. The number of carbonyl (C=O) groups is 1. The number of likely N-dealkylation sites (N-methyl/N-ethyl adjacent to an activating group) is 1. The molecule has 2 heterocycles. The zero-order chi connectivity index (χ0) is 21.8. The maximum absolute atomic E-state index is 13.0. The van der Waals surface area contributed by atoms with Crippen LogP contribution in [0.5, 0.6) is 0 Å². The Hall–Kier alpha value is -2.81. The number of fused-ring (bicyclic) bond motifs is 1. The first-order valence-electron chi connectivity index (χ1n) is 9.85. The van der Waals surface area contributed by atoms with Crippen molar-refractivity contribution in [3.8, 4) is 0 Å². The standard InChI is InChI=1S/C23H23N3O3S2/c1-25(2)11-12-26-19-14-16(9-10-20(19)29-23(26)28)24-22(27)18-7-3-4-8-21(18)31-15-17-6-5-13-30-17/h3-10,13-14H,11-12,15H2,1-2H3,(H,24,27). The zero-order valence-electron chi connectivity index (χ0n) is 17.3. The highest BCUT2D eigenvalue weighted by Gasteiger charge is 2.14. The van der Waals surface area contributed by atoms with E-state index in [0.717, 1.165) is 10.6 Å². The number of anilines is 1. The highest BCUT2D eigenvalue weighted by Crippen LogP contribution is 2.29. The Labute approximate surface area is 188 Å². The van der Waals surface area contributed by atoms with Gasteiger partial charge in [0.25, 0.3) is 5.91 Å². The Bertz CT molecular complexity index is 1240. The summed E-state index contributed by atoms with van der Waals surface area (Å²) in [6.45, 7) is 1.22. The number of nitrogens with zero attached hydrogens (tertiary/aromatic N) is 2. The van der Waals surface area contributed by atoms with E-state index in [1.165, 1.54) is 4.88 Å². The van der Waals surface area contributed by atoms with Gasteiger partial charge in [-0.05, 0) is 55.9 Å². The molecular weight excluding hydrogens is 430 g/mol. The molecule has 0 atom stereocenters. The number of carbonyl (C=O) groups excluding carboxylic acids is 1. The molecule has 0 aliphatic carbocycles. The molecule has 160 valence electrons. The number of amides is 1. The van der Waals surface area contributed by atoms with Crippen LogP contribution in [-0.4, -0.2) is 36.0 Å². The van der Waals surface area contributed by atoms with Gasteiger partial charge in [-0.2, -0.15) is 0 Å². The van der Waals surface area contributed by atoms with E-state index in [2.05, 4.69) is 16.8 Å². The van der Waals surface area contributed by atoms with Gasteiger partial charge in [-0.15, -0.1) is 23.1 Å². The summed E-state index contributed by atoms with van der Waals surface area (Å²) < 4.78 is 6.93. The third-order valence-corrected chi connectivity index (χ3v) is 6.96. The van der Waals surface area contributed by atoms with E-state index in [1.807, 2.05) is 49.3 Å². The molecule has 1 amide bonds. The van der Waals surface area contributed by atoms with Crippen LogP contribution in [0, 0.1) is 0 Å². The molecule has 8 heteroatoms. The minimum absolute atomic E-state index is 0.181. The molecule has 0 fully saturated rings. The average molecular weight is 454 g/mol. The number of aromatic nitrogens is 1. The molecule has 4 rings (SSSR count). The van der Waals surface area contributed by atoms with Gasteiger partial charge < -0.3 is 14.6 Å². The first kappa shape index (κ1) is 21.4. The maximum atomic E-state index is 13.0. The molecule has 0 aliphatic rings. The number of thioether (sulfide) groups is 1. The second-order valence-electron chi connectivity index (χ2n) is 7.32. The minimum Gasteiger partial charge on any atom is -0.408 e. The lowest BCUT2D eigenvalue weighted by Gasteiger charge is -2.11. The number of hydrogen-bond acceptors (Lipinski definition) is 6. The van der Waals surface area contributed by atoms with Gasteiger partial charge in [-0.1, -0.05) is 18.2 Å². The Balaban J connectivity index is 1.54. The van der Waals surface area contributed by atoms with Crippen LogP contribution >= 0.6 is 23.1 Å². The lowest BCUT2D eigenvalue weighted by atomic mass is 10.2. The number of rotatable bonds is 8. The van der Waals surface area contributed by atoms with E-state index in [9.17, 15) is 9.59 Å². The normalized spacial score (nSPS) is 11.3. The molecule has 0 spiro atoms. The molecule has 0 aliphatic heterocycles. The van der Waals surface area contributed by atoms with Crippen LogP contribution in [-0.2, 0) is 12.3 Å². The topological polar surface area (TPSA) is 67.5 Å². The fraction of sp³-hybridized carbons (Fsp3) is 0.217. The molecule has 4 aromatic rings. The second kappa shape index (κ2) is 9.55. The third kappa shape index (κ3) is 5.10. The Morgan fingerprint density at radius 1 is 1.16 bits per heavy atom. The molecule has 0 saturated heterocycles. The summed E-state index contributed by atoms with van der Waals surface area (Å²) in [7, 11) is 3.90. The van der Waals surface area contributed by atoms with Crippen LogP contribution < -0.4 is 11.1 Å². The summed E-state index contributed by atoms with van der Waals surface area (Å²) in [5.41, 5.74) is 2.43. The summed E-state index contributed by atoms with van der Waals surface area (Å²) in [6, 6.07) is 17.0. The predicted molar refractivity (Wildman–Crippen MR) is 127 cm³/mol. The molecular formula is C23H23N3O3S2. The molecule has 1 N–H and O–H groups in total. The molecule has 0 saturated carbocycles. The predicted octanol–water partition coefficient (Wildman–Crippen LogP) is 4.76. The first-order valence-corrected chi connectivity index (χ1v) is 11.7. The van der Waals surface area contributed by atoms with Crippen molar-refractivity contribution in [2.45, 2.75) is 17.2 Å². The van der Waals surface area contributed by atoms with Gasteiger partial charge in [0.15, 0.2) is 5.58 Å². The first-order chi connectivity index (χ1) is 15.0. The minimum atomic E-state index is -0.393. The van der Waals surface area contributed by atoms with Gasteiger partial charge in [0.2, 0.25) is 0 Å². The van der Waals surface area contributed by atoms with E-state index in [-0.39, 0.29) is 5.91 Å². The maximum Gasteiger partial charge on any atom is 0.419 e. The van der Waals surface area contributed by atoms with Gasteiger partial charge in [0.05, 0.1) is 11.1 Å². The van der Waals surface area contributed by atoms with E-state index in [0.29, 0.717) is 35.4 Å². The lowest BCUT2D eigenvalue weighted by Crippen LogP contribution is -2.23. The van der Waals surface area contributed by atoms with Crippen LogP contribution in [0.15, 0.2) is 74.1 Å². The number of nitrogens with one attached hydrogen (secondary N) is 1. The number of oxazole rings is 1. The summed E-state index contributed by atoms with van der Waals surface area (Å²) in [5, 5.41) is 5.02. The highest BCUT2D eigenvalue weighted by molar-refractivity contribution is 7.98. The Morgan fingerprint density at radius 2 is 2.00 bits per heavy atom. The van der Waals surface area contributed by atoms with E-state index < -0.39 is 5.76 Å². The van der Waals surface area contributed by atoms with Crippen molar-refractivity contribution < 1.29 is 9.21 Å². The van der Waals surface area contributed by atoms with Crippen molar-refractivity contribution >= 4 is 45.8 Å². The molecule has 0 radical (unpaired) electrons. The van der Waals surface area contributed by atoms with Crippen LogP contribution in [0.4, 0.5) is 5.69 Å². The SMILES string of the molecule is CN(C)CCn1c(=O)oc2ccc(NC(=O)c3ccccc3SCc3cccs3)cc21. The smallest absolute Gasteiger partial charge is 0.408 e. The number of benzene rings is 2. The molecule has 2 aromatic carbocycles. The molecule has 31 heavy (non-hydrogen) atoms. The van der Waals surface area contributed by atoms with E-state index >= 15 is 0 Å². The van der Waals surface area contributed by atoms with Crippen molar-refractivity contribution in [2.75, 3.05) is 26.0 Å². The molecule has 6 nitrogen and oxygen atoms in total. The van der Waals surface area contributed by atoms with Gasteiger partial charge >= 0.3 is 5.76 Å². The second-order valence-corrected chi connectivity index (χ2v) is 9.37. The van der Waals surface area contributed by atoms with Crippen molar-refractivity contribution in [3.63, 3.8) is 0 Å². The highest BCUT2D eigenvalue weighted by atomic mass is 32.2. The van der Waals surface area contributed by atoms with Crippen molar-refractivity contribution in [3.05, 3.63) is 81.0 Å². The van der Waals surface area contributed by atoms with Gasteiger partial charge in [-0.25, -0.2) is 4.79 Å². The fourth-order valence-electron chi connectivity index (χ4n) is 3.17. The van der Waals surface area contributed by atoms with Crippen LogP contribution in [0.25, 0.3) is 11.1 Å². The molecule has 2 aromatic heterocycles. The number of hydrogen-bond donors (Lipinski definition) is 1. The lowest BCUT2D eigenvalue weighted by molar-refractivity contribution is 0.102. The van der Waals surface area contributed by atoms with Gasteiger partial charge in [-0.3, -0.25) is 9.36 Å². The summed E-state index contributed by atoms with van der Waals surface area (Å²) in [6.07, 6.45) is 0. The van der Waals surface area contributed by atoms with Crippen LogP contribution in [0.1, 0.15) is 15.2 Å². The van der Waals surface area contributed by atoms with Crippen molar-refractivity contribution in [1.29, 1.82) is 0 Å².